The second-order valence-corrected chi connectivity index (χ2v) is 4.47. The molecular formula is C15H16N2O5. The summed E-state index contributed by atoms with van der Waals surface area (Å²) in [6.07, 6.45) is 0. The predicted octanol–water partition coefficient (Wildman–Crippen LogP) is 1.58. The second-order valence-electron chi connectivity index (χ2n) is 4.47. The van der Waals surface area contributed by atoms with Gasteiger partial charge in [0.1, 0.15) is 5.69 Å². The zero-order valence-electron chi connectivity index (χ0n) is 12.1. The first-order valence-corrected chi connectivity index (χ1v) is 6.63. The quantitative estimate of drug-likeness (QED) is 0.617. The van der Waals surface area contributed by atoms with Crippen molar-refractivity contribution in [3.8, 4) is 0 Å². The highest BCUT2D eigenvalue weighted by atomic mass is 16.5. The van der Waals surface area contributed by atoms with E-state index in [1.54, 1.807) is 0 Å². The van der Waals surface area contributed by atoms with Gasteiger partial charge in [-0.05, 0) is 5.56 Å². The van der Waals surface area contributed by atoms with E-state index in [4.69, 9.17) is 9.84 Å². The van der Waals surface area contributed by atoms with Gasteiger partial charge in [-0.2, -0.15) is 5.10 Å². The molecule has 0 amide bonds. The second kappa shape index (κ2) is 7.37. The van der Waals surface area contributed by atoms with Crippen molar-refractivity contribution in [2.24, 2.45) is 0 Å². The van der Waals surface area contributed by atoms with Crippen LogP contribution in [0.15, 0.2) is 36.4 Å². The Hall–Kier alpha value is -2.67. The first kappa shape index (κ1) is 15.7. The van der Waals surface area contributed by atoms with Crippen molar-refractivity contribution in [1.29, 1.82) is 0 Å². The van der Waals surface area contributed by atoms with Crippen molar-refractivity contribution < 1.29 is 24.2 Å². The topological polar surface area (TPSA) is 90.7 Å². The molecule has 0 bridgehead atoms. The Bertz CT molecular complexity index is 651. The molecule has 0 saturated carbocycles. The highest BCUT2D eigenvalue weighted by Gasteiger charge is 2.18. The molecule has 1 aromatic heterocycles. The number of aromatic nitrogens is 2. The minimum atomic E-state index is -1.16. The number of benzene rings is 1. The van der Waals surface area contributed by atoms with E-state index in [1.807, 2.05) is 30.3 Å². The first-order chi connectivity index (χ1) is 10.6. The molecule has 0 fully saturated rings. The molecule has 7 nitrogen and oxygen atoms in total. The molecule has 0 saturated heterocycles. The maximum Gasteiger partial charge on any atom is 0.358 e. The monoisotopic (exact) mass is 304 g/mol. The third kappa shape index (κ3) is 3.92. The van der Waals surface area contributed by atoms with Crippen LogP contribution in [-0.2, 0) is 22.6 Å². The van der Waals surface area contributed by atoms with E-state index in [0.717, 1.165) is 5.56 Å². The maximum atomic E-state index is 11.4. The molecule has 0 spiro atoms. The minimum Gasteiger partial charge on any atom is -0.477 e. The molecule has 1 N–H and O–H groups in total. The van der Waals surface area contributed by atoms with Crippen molar-refractivity contribution >= 4 is 11.9 Å². The van der Waals surface area contributed by atoms with E-state index in [-0.39, 0.29) is 24.5 Å². The molecule has 1 aromatic carbocycles. The zero-order valence-corrected chi connectivity index (χ0v) is 12.1. The Morgan fingerprint density at radius 3 is 2.64 bits per heavy atom. The van der Waals surface area contributed by atoms with Crippen LogP contribution in [0.5, 0.6) is 0 Å². The fraction of sp³-hybridized carbons (Fsp3) is 0.267. The van der Waals surface area contributed by atoms with Gasteiger partial charge in [-0.25, -0.2) is 9.59 Å². The number of carbonyl (C=O) groups is 2. The summed E-state index contributed by atoms with van der Waals surface area (Å²) in [6.45, 7) is 0.928. The van der Waals surface area contributed by atoms with Crippen LogP contribution in [0.2, 0.25) is 0 Å². The number of carboxylic acids is 1. The lowest BCUT2D eigenvalue weighted by Crippen LogP contribution is -2.14. The number of carbonyl (C=O) groups excluding carboxylic acids is 1. The lowest BCUT2D eigenvalue weighted by molar-refractivity contribution is 0.0590. The summed E-state index contributed by atoms with van der Waals surface area (Å²) in [5.41, 5.74) is 0.906. The number of hydrogen-bond donors (Lipinski definition) is 1. The van der Waals surface area contributed by atoms with Crippen LogP contribution in [0.25, 0.3) is 0 Å². The average molecular weight is 304 g/mol. The molecule has 2 rings (SSSR count). The van der Waals surface area contributed by atoms with Gasteiger partial charge in [-0.1, -0.05) is 30.3 Å². The van der Waals surface area contributed by atoms with Gasteiger partial charge >= 0.3 is 11.9 Å². The normalized spacial score (nSPS) is 10.4. The van der Waals surface area contributed by atoms with E-state index in [0.29, 0.717) is 6.61 Å². The molecule has 0 aliphatic heterocycles. The minimum absolute atomic E-state index is 0.0389. The van der Waals surface area contributed by atoms with E-state index < -0.39 is 11.9 Å². The smallest absolute Gasteiger partial charge is 0.358 e. The zero-order chi connectivity index (χ0) is 15.9. The number of methoxy groups -OCH3 is 1. The van der Waals surface area contributed by atoms with Gasteiger partial charge in [0, 0.05) is 6.07 Å². The van der Waals surface area contributed by atoms with Crippen LogP contribution in [0, 0.1) is 0 Å². The fourth-order valence-corrected chi connectivity index (χ4v) is 1.88. The number of carboxylic acid groups (broad SMARTS) is 1. The van der Waals surface area contributed by atoms with E-state index >= 15 is 0 Å². The van der Waals surface area contributed by atoms with Crippen LogP contribution in [0.4, 0.5) is 0 Å². The van der Waals surface area contributed by atoms with Crippen molar-refractivity contribution in [3.63, 3.8) is 0 Å². The molecular weight excluding hydrogens is 288 g/mol. The Labute approximate surface area is 127 Å². The molecule has 0 aliphatic rings. The SMILES string of the molecule is COC(=O)c1cc(C(=O)O)n(CCOCc2ccccc2)n1. The van der Waals surface area contributed by atoms with Gasteiger partial charge in [0.05, 0.1) is 26.9 Å². The standard InChI is InChI=1S/C15H16N2O5/c1-21-15(20)12-9-13(14(18)19)17(16-12)7-8-22-10-11-5-3-2-4-6-11/h2-6,9H,7-8,10H2,1H3,(H,18,19). The first-order valence-electron chi connectivity index (χ1n) is 6.63. The van der Waals surface area contributed by atoms with Gasteiger partial charge in [0.25, 0.3) is 0 Å². The molecule has 7 heteroatoms. The number of nitrogens with zero attached hydrogens (tertiary/aromatic N) is 2. The van der Waals surface area contributed by atoms with Crippen LogP contribution >= 0.6 is 0 Å². The summed E-state index contributed by atoms with van der Waals surface area (Å²) in [5, 5.41) is 13.0. The molecule has 116 valence electrons. The molecule has 2 aromatic rings. The summed E-state index contributed by atoms with van der Waals surface area (Å²) in [4.78, 5) is 22.5. The third-order valence-electron chi connectivity index (χ3n) is 2.95. The predicted molar refractivity (Wildman–Crippen MR) is 76.6 cm³/mol. The summed E-state index contributed by atoms with van der Waals surface area (Å²) >= 11 is 0. The largest absolute Gasteiger partial charge is 0.477 e. The third-order valence-corrected chi connectivity index (χ3v) is 2.95. The highest BCUT2D eigenvalue weighted by molar-refractivity contribution is 5.92. The maximum absolute atomic E-state index is 11.4. The Balaban J connectivity index is 1.95. The van der Waals surface area contributed by atoms with Gasteiger partial charge < -0.3 is 14.6 Å². The lowest BCUT2D eigenvalue weighted by atomic mass is 10.2. The van der Waals surface area contributed by atoms with E-state index in [2.05, 4.69) is 9.84 Å². The van der Waals surface area contributed by atoms with Crippen molar-refractivity contribution in [2.45, 2.75) is 13.2 Å². The summed E-state index contributed by atoms with van der Waals surface area (Å²) in [6, 6.07) is 10.8. The molecule has 0 radical (unpaired) electrons. The number of esters is 1. The van der Waals surface area contributed by atoms with Crippen LogP contribution in [0.3, 0.4) is 0 Å². The van der Waals surface area contributed by atoms with Gasteiger partial charge in [0.15, 0.2) is 5.69 Å². The Morgan fingerprint density at radius 1 is 1.27 bits per heavy atom. The van der Waals surface area contributed by atoms with Crippen molar-refractivity contribution in [3.05, 3.63) is 53.3 Å². The van der Waals surface area contributed by atoms with E-state index in [1.165, 1.54) is 17.9 Å². The van der Waals surface area contributed by atoms with Crippen LogP contribution in [-0.4, -0.2) is 40.5 Å². The molecule has 1 heterocycles. The number of hydrogen-bond acceptors (Lipinski definition) is 5. The average Bonchev–Trinajstić information content (AvgIpc) is 2.96. The van der Waals surface area contributed by atoms with Crippen molar-refractivity contribution in [2.75, 3.05) is 13.7 Å². The molecule has 0 unspecified atom stereocenters. The summed E-state index contributed by atoms with van der Waals surface area (Å²) in [5.74, 6) is -1.84. The van der Waals surface area contributed by atoms with Gasteiger partial charge in [-0.3, -0.25) is 4.68 Å². The lowest BCUT2D eigenvalue weighted by Gasteiger charge is -2.06. The summed E-state index contributed by atoms with van der Waals surface area (Å²) < 4.78 is 11.2. The Morgan fingerprint density at radius 2 is 2.00 bits per heavy atom. The van der Waals surface area contributed by atoms with Crippen molar-refractivity contribution in [1.82, 2.24) is 9.78 Å². The molecule has 0 aliphatic carbocycles. The van der Waals surface area contributed by atoms with Crippen LogP contribution in [0.1, 0.15) is 26.5 Å². The Kier molecular flexibility index (Phi) is 5.26. The number of rotatable bonds is 7. The fourth-order valence-electron chi connectivity index (χ4n) is 1.88. The summed E-state index contributed by atoms with van der Waals surface area (Å²) in [7, 11) is 1.21. The van der Waals surface area contributed by atoms with E-state index in [9.17, 15) is 9.59 Å². The highest BCUT2D eigenvalue weighted by Crippen LogP contribution is 2.07. The van der Waals surface area contributed by atoms with Gasteiger partial charge in [-0.15, -0.1) is 0 Å². The van der Waals surface area contributed by atoms with Crippen LogP contribution < -0.4 is 0 Å². The number of aromatic carboxylic acids is 1. The van der Waals surface area contributed by atoms with Gasteiger partial charge in [0.2, 0.25) is 0 Å². The molecule has 22 heavy (non-hydrogen) atoms. The molecule has 0 atom stereocenters. The number of ether oxygens (including phenoxy) is 2.